The fraction of sp³-hybridized carbons (Fsp3) is 0.447. The lowest BCUT2D eigenvalue weighted by Crippen LogP contribution is -2.82. The highest BCUT2D eigenvalue weighted by Gasteiger charge is 2.78. The van der Waals surface area contributed by atoms with E-state index in [1.165, 1.54) is 38.1 Å². The molecule has 7 rings (SSSR count). The summed E-state index contributed by atoms with van der Waals surface area (Å²) in [4.78, 5) is 83.3. The molecular formula is C47H50O15. The number of ketones is 1. The van der Waals surface area contributed by atoms with Crippen molar-refractivity contribution in [2.75, 3.05) is 6.61 Å². The van der Waals surface area contributed by atoms with Crippen molar-refractivity contribution in [2.45, 2.75) is 108 Å². The number of benzene rings is 3. The standard InChI is InChI=1S/C47H50O15/c1-25-31(59-43(55)35(51)36(28-16-10-7-11-17-28)60-41(53)29-18-12-8-13-19-29)23-47(56)40(61-42(54)30-20-14-9-15-21-30)38-45(6,32(50)22-33-46(38,24-57-33)62-27(3)49)39(52)37(58-26(2)48)34(25)44(47,4)5/h7-21,31-33,35-38,40,50-51,56H,22-24H2,1-6H3/t31-,32+,33-,35-,36+,37-,38-,40-,45-,46-,47-/m1/s1. The van der Waals surface area contributed by atoms with Crippen LogP contribution >= 0.6 is 0 Å². The van der Waals surface area contributed by atoms with Crippen molar-refractivity contribution >= 4 is 35.6 Å². The molecule has 2 bridgehead atoms. The van der Waals surface area contributed by atoms with Gasteiger partial charge in [-0.2, -0.15) is 0 Å². The molecule has 11 atom stereocenters. The maximum absolute atomic E-state index is 15.5. The van der Waals surface area contributed by atoms with Crippen molar-refractivity contribution in [3.8, 4) is 0 Å². The minimum Gasteiger partial charge on any atom is -0.456 e. The van der Waals surface area contributed by atoms with E-state index in [4.69, 9.17) is 28.4 Å². The molecule has 15 heteroatoms. The van der Waals surface area contributed by atoms with E-state index in [0.717, 1.165) is 13.8 Å². The number of carbonyl (C=O) groups excluding carboxylic acids is 6. The predicted octanol–water partition coefficient (Wildman–Crippen LogP) is 4.16. The van der Waals surface area contributed by atoms with E-state index in [-0.39, 0.29) is 40.9 Å². The van der Waals surface area contributed by atoms with Gasteiger partial charge in [0, 0.05) is 32.1 Å². The highest BCUT2D eigenvalue weighted by Crippen LogP contribution is 2.64. The molecule has 0 radical (unpaired) electrons. The Morgan fingerprint density at radius 2 is 1.35 bits per heavy atom. The van der Waals surface area contributed by atoms with Crippen molar-refractivity contribution in [1.82, 2.24) is 0 Å². The Hall–Kier alpha value is -5.74. The summed E-state index contributed by atoms with van der Waals surface area (Å²) in [7, 11) is 0. The van der Waals surface area contributed by atoms with Crippen LogP contribution in [0.25, 0.3) is 0 Å². The molecule has 328 valence electrons. The third-order valence-electron chi connectivity index (χ3n) is 13.3. The molecule has 3 N–H and O–H groups in total. The molecule has 15 nitrogen and oxygen atoms in total. The number of carbonyl (C=O) groups is 6. The molecule has 1 aliphatic heterocycles. The Balaban J connectivity index is 1.39. The lowest BCUT2D eigenvalue weighted by atomic mass is 9.44. The number of aliphatic hydroxyl groups excluding tert-OH is 2. The summed E-state index contributed by atoms with van der Waals surface area (Å²) in [6.45, 7) is 7.91. The van der Waals surface area contributed by atoms with Crippen molar-refractivity contribution in [2.24, 2.45) is 16.7 Å². The first kappa shape index (κ1) is 44.3. The quantitative estimate of drug-likeness (QED) is 0.148. The second kappa shape index (κ2) is 16.5. The van der Waals surface area contributed by atoms with Crippen LogP contribution in [0.4, 0.5) is 0 Å². The number of hydrogen-bond donors (Lipinski definition) is 3. The molecular weight excluding hydrogens is 805 g/mol. The van der Waals surface area contributed by atoms with Gasteiger partial charge < -0.3 is 43.7 Å². The minimum absolute atomic E-state index is 0.0185. The Bertz CT molecular complexity index is 2280. The number of fused-ring (bicyclic) bond motifs is 5. The zero-order valence-electron chi connectivity index (χ0n) is 35.1. The molecule has 3 fully saturated rings. The van der Waals surface area contributed by atoms with Crippen molar-refractivity contribution in [3.63, 3.8) is 0 Å². The molecule has 0 unspecified atom stereocenters. The van der Waals surface area contributed by atoms with Crippen LogP contribution in [0, 0.1) is 16.7 Å². The average Bonchev–Trinajstić information content (AvgIpc) is 3.24. The number of aliphatic hydroxyl groups is 3. The highest BCUT2D eigenvalue weighted by molar-refractivity contribution is 5.96. The van der Waals surface area contributed by atoms with Crippen molar-refractivity contribution < 1.29 is 72.5 Å². The van der Waals surface area contributed by atoms with Gasteiger partial charge in [-0.25, -0.2) is 14.4 Å². The van der Waals surface area contributed by atoms with Crippen LogP contribution in [0.3, 0.4) is 0 Å². The van der Waals surface area contributed by atoms with Gasteiger partial charge in [-0.3, -0.25) is 14.4 Å². The van der Waals surface area contributed by atoms with Crippen LogP contribution in [0.2, 0.25) is 0 Å². The summed E-state index contributed by atoms with van der Waals surface area (Å²) in [5, 5.41) is 37.4. The van der Waals surface area contributed by atoms with Gasteiger partial charge in [0.2, 0.25) is 0 Å². The van der Waals surface area contributed by atoms with E-state index >= 15 is 4.79 Å². The van der Waals surface area contributed by atoms with Gasteiger partial charge in [-0.1, -0.05) is 80.6 Å². The molecule has 1 heterocycles. The lowest BCUT2D eigenvalue weighted by molar-refractivity contribution is -0.346. The lowest BCUT2D eigenvalue weighted by Gasteiger charge is -2.67. The second-order valence-corrected chi connectivity index (χ2v) is 17.2. The van der Waals surface area contributed by atoms with Gasteiger partial charge in [-0.15, -0.1) is 0 Å². The van der Waals surface area contributed by atoms with E-state index in [0.29, 0.717) is 0 Å². The Kier molecular flexibility index (Phi) is 11.8. The van der Waals surface area contributed by atoms with Gasteiger partial charge >= 0.3 is 29.8 Å². The first-order valence-corrected chi connectivity index (χ1v) is 20.4. The molecule has 1 saturated heterocycles. The smallest absolute Gasteiger partial charge is 0.339 e. The molecule has 3 aromatic rings. The van der Waals surface area contributed by atoms with Gasteiger partial charge in [0.25, 0.3) is 0 Å². The van der Waals surface area contributed by atoms with Crippen LogP contribution in [0.5, 0.6) is 0 Å². The molecule has 3 aliphatic carbocycles. The van der Waals surface area contributed by atoms with Crippen LogP contribution in [0.1, 0.15) is 86.8 Å². The molecule has 62 heavy (non-hydrogen) atoms. The van der Waals surface area contributed by atoms with Gasteiger partial charge in [-0.05, 0) is 54.8 Å². The number of hydrogen-bond acceptors (Lipinski definition) is 15. The summed E-state index contributed by atoms with van der Waals surface area (Å²) in [5.41, 5.74) is -7.33. The second-order valence-electron chi connectivity index (χ2n) is 17.2. The first-order chi connectivity index (χ1) is 29.3. The van der Waals surface area contributed by atoms with E-state index in [9.17, 15) is 39.3 Å². The van der Waals surface area contributed by atoms with Crippen molar-refractivity contribution in [1.29, 1.82) is 0 Å². The maximum atomic E-state index is 15.5. The predicted molar refractivity (Wildman–Crippen MR) is 216 cm³/mol. The molecule has 0 spiro atoms. The monoisotopic (exact) mass is 854 g/mol. The third kappa shape index (κ3) is 7.29. The van der Waals surface area contributed by atoms with Crippen LogP contribution in [-0.2, 0) is 47.6 Å². The zero-order valence-corrected chi connectivity index (χ0v) is 35.1. The van der Waals surface area contributed by atoms with Gasteiger partial charge in [0.15, 0.2) is 29.7 Å². The highest BCUT2D eigenvalue weighted by atomic mass is 16.6. The maximum Gasteiger partial charge on any atom is 0.339 e. The van der Waals surface area contributed by atoms with E-state index in [2.05, 4.69) is 0 Å². The summed E-state index contributed by atoms with van der Waals surface area (Å²) >= 11 is 0. The van der Waals surface area contributed by atoms with E-state index in [1.54, 1.807) is 80.6 Å². The fourth-order valence-electron chi connectivity index (χ4n) is 10.1. The summed E-state index contributed by atoms with van der Waals surface area (Å²) < 4.78 is 35.9. The fourth-order valence-corrected chi connectivity index (χ4v) is 10.1. The van der Waals surface area contributed by atoms with Crippen molar-refractivity contribution in [3.05, 3.63) is 119 Å². The molecule has 2 saturated carbocycles. The summed E-state index contributed by atoms with van der Waals surface area (Å²) in [6.07, 6.45) is -12.3. The third-order valence-corrected chi connectivity index (χ3v) is 13.3. The van der Waals surface area contributed by atoms with Gasteiger partial charge in [0.1, 0.15) is 23.9 Å². The number of esters is 5. The zero-order chi connectivity index (χ0) is 44.9. The normalized spacial score (nSPS) is 31.9. The minimum atomic E-state index is -2.41. The largest absolute Gasteiger partial charge is 0.456 e. The summed E-state index contributed by atoms with van der Waals surface area (Å²) in [6, 6.07) is 23.8. The van der Waals surface area contributed by atoms with E-state index in [1.807, 2.05) is 0 Å². The Morgan fingerprint density at radius 1 is 0.790 bits per heavy atom. The Labute approximate surface area is 357 Å². The van der Waals surface area contributed by atoms with Crippen LogP contribution < -0.4 is 0 Å². The van der Waals surface area contributed by atoms with E-state index < -0.39 is 113 Å². The molecule has 3 aromatic carbocycles. The van der Waals surface area contributed by atoms with Crippen LogP contribution in [0.15, 0.2) is 102 Å². The SMILES string of the molecule is CC(=O)O[C@H]1C(=O)[C@]2(C)[C@@H](O)C[C@H]3OC[C@]3(OC(C)=O)[C@@H]2[C@@H](OC(=O)c2ccccc2)[C@]2(O)C[C@@H](OC(=O)[C@H](O)[C@@H](OC(=O)c3ccccc3)c3ccccc3)C(C)=C1C2(C)C. The number of rotatable bonds is 10. The average molecular weight is 855 g/mol. The molecule has 4 aliphatic rings. The molecule has 0 aromatic heterocycles. The first-order valence-electron chi connectivity index (χ1n) is 20.4. The van der Waals surface area contributed by atoms with Gasteiger partial charge in [0.05, 0.1) is 35.2 Å². The Morgan fingerprint density at radius 3 is 1.89 bits per heavy atom. The molecule has 0 amide bonds. The number of ether oxygens (including phenoxy) is 6. The number of Topliss-reactive ketones (excluding diaryl/α,β-unsaturated/α-hetero) is 1. The van der Waals surface area contributed by atoms with Crippen LogP contribution in [-0.4, -0.2) is 105 Å². The summed E-state index contributed by atoms with van der Waals surface area (Å²) in [5.74, 6) is -7.20. The topological polar surface area (TPSA) is 218 Å².